The van der Waals surface area contributed by atoms with E-state index in [0.29, 0.717) is 39.3 Å². The number of hydrogen-bond donors (Lipinski definition) is 2. The molecule has 1 heterocycles. The van der Waals surface area contributed by atoms with Crippen molar-refractivity contribution in [1.29, 1.82) is 0 Å². The SMILES string of the molecule is O=C1CSc2ccc(C(=O)Nc3ccccc3SCC(F)(F)F)cc2N1. The zero-order valence-corrected chi connectivity index (χ0v) is 14.9. The Morgan fingerprint density at radius 3 is 2.77 bits per heavy atom. The van der Waals surface area contributed by atoms with Gasteiger partial charge in [-0.05, 0) is 30.3 Å². The van der Waals surface area contributed by atoms with E-state index in [9.17, 15) is 22.8 Å². The molecule has 0 atom stereocenters. The second-order valence-electron chi connectivity index (χ2n) is 5.40. The van der Waals surface area contributed by atoms with Gasteiger partial charge in [-0.25, -0.2) is 0 Å². The van der Waals surface area contributed by atoms with Crippen molar-refractivity contribution in [3.05, 3.63) is 48.0 Å². The number of benzene rings is 2. The van der Waals surface area contributed by atoms with Crippen LogP contribution < -0.4 is 10.6 Å². The smallest absolute Gasteiger partial charge is 0.324 e. The minimum atomic E-state index is -4.30. The lowest BCUT2D eigenvalue weighted by atomic mass is 10.1. The lowest BCUT2D eigenvalue weighted by Gasteiger charge is -2.17. The topological polar surface area (TPSA) is 58.2 Å². The summed E-state index contributed by atoms with van der Waals surface area (Å²) in [6.45, 7) is 0. The molecule has 0 saturated heterocycles. The molecular weight excluding hydrogens is 385 g/mol. The molecule has 2 aromatic rings. The standard InChI is InChI=1S/C17H13F3N2O2S2/c18-17(19,20)9-26-13-4-2-1-3-11(13)22-16(24)10-5-6-14-12(7-10)21-15(23)8-25-14/h1-7H,8-9H2,(H,21,23)(H,22,24). The molecule has 4 nitrogen and oxygen atoms in total. The fraction of sp³-hybridized carbons (Fsp3) is 0.176. The summed E-state index contributed by atoms with van der Waals surface area (Å²) in [6, 6.07) is 11.2. The molecule has 0 spiro atoms. The van der Waals surface area contributed by atoms with Crippen LogP contribution in [0.25, 0.3) is 0 Å². The van der Waals surface area contributed by atoms with Gasteiger partial charge < -0.3 is 10.6 Å². The number of fused-ring (bicyclic) bond motifs is 1. The molecule has 1 aliphatic rings. The maximum Gasteiger partial charge on any atom is 0.398 e. The highest BCUT2D eigenvalue weighted by Crippen LogP contribution is 2.34. The van der Waals surface area contributed by atoms with E-state index in [1.54, 1.807) is 36.4 Å². The first-order valence-corrected chi connectivity index (χ1v) is 9.45. The van der Waals surface area contributed by atoms with Crippen LogP contribution in [0.3, 0.4) is 0 Å². The summed E-state index contributed by atoms with van der Waals surface area (Å²) in [7, 11) is 0. The number of hydrogen-bond acceptors (Lipinski definition) is 4. The first kappa shape index (κ1) is 18.7. The Hall–Kier alpha value is -2.13. The molecule has 0 radical (unpaired) electrons. The van der Waals surface area contributed by atoms with Crippen LogP contribution in [0.4, 0.5) is 24.5 Å². The maximum absolute atomic E-state index is 12.5. The first-order valence-electron chi connectivity index (χ1n) is 7.48. The third-order valence-corrected chi connectivity index (χ3v) is 5.61. The van der Waals surface area contributed by atoms with Gasteiger partial charge in [0, 0.05) is 15.4 Å². The van der Waals surface area contributed by atoms with Crippen molar-refractivity contribution in [3.63, 3.8) is 0 Å². The van der Waals surface area contributed by atoms with E-state index in [4.69, 9.17) is 0 Å². The number of thioether (sulfide) groups is 2. The van der Waals surface area contributed by atoms with Gasteiger partial charge in [0.2, 0.25) is 5.91 Å². The van der Waals surface area contributed by atoms with E-state index < -0.39 is 17.8 Å². The number of rotatable bonds is 4. The van der Waals surface area contributed by atoms with E-state index in [1.165, 1.54) is 17.8 Å². The van der Waals surface area contributed by atoms with Gasteiger partial charge in [-0.2, -0.15) is 13.2 Å². The number of anilines is 2. The summed E-state index contributed by atoms with van der Waals surface area (Å²) in [5, 5.41) is 5.33. The van der Waals surface area contributed by atoms with Crippen molar-refractivity contribution in [2.24, 2.45) is 0 Å². The van der Waals surface area contributed by atoms with E-state index >= 15 is 0 Å². The number of amides is 2. The molecular formula is C17H13F3N2O2S2. The summed E-state index contributed by atoms with van der Waals surface area (Å²) in [6.07, 6.45) is -4.30. The normalized spacial score (nSPS) is 13.7. The number of para-hydroxylation sites is 1. The third-order valence-electron chi connectivity index (χ3n) is 3.40. The average Bonchev–Trinajstić information content (AvgIpc) is 2.59. The molecule has 0 aromatic heterocycles. The molecule has 1 aliphatic heterocycles. The van der Waals surface area contributed by atoms with E-state index in [1.807, 2.05) is 0 Å². The van der Waals surface area contributed by atoms with Gasteiger partial charge in [0.05, 0.1) is 22.9 Å². The maximum atomic E-state index is 12.5. The van der Waals surface area contributed by atoms with E-state index in [-0.39, 0.29) is 5.91 Å². The fourth-order valence-corrected chi connectivity index (χ4v) is 3.83. The van der Waals surface area contributed by atoms with E-state index in [0.717, 1.165) is 4.90 Å². The molecule has 0 aliphatic carbocycles. The summed E-state index contributed by atoms with van der Waals surface area (Å²) in [4.78, 5) is 25.1. The number of nitrogens with one attached hydrogen (secondary N) is 2. The Bertz CT molecular complexity index is 856. The first-order chi connectivity index (χ1) is 12.3. The minimum absolute atomic E-state index is 0.144. The fourth-order valence-electron chi connectivity index (χ4n) is 2.27. The Labute approximate surface area is 155 Å². The number of carbonyl (C=O) groups is 2. The highest BCUT2D eigenvalue weighted by molar-refractivity contribution is 8.00. The van der Waals surface area contributed by atoms with Crippen LogP contribution in [0.2, 0.25) is 0 Å². The molecule has 2 amide bonds. The number of halogens is 3. The lowest BCUT2D eigenvalue weighted by molar-refractivity contribution is -0.114. The largest absolute Gasteiger partial charge is 0.398 e. The van der Waals surface area contributed by atoms with Crippen LogP contribution in [-0.2, 0) is 4.79 Å². The van der Waals surface area contributed by atoms with Crippen molar-refractivity contribution in [1.82, 2.24) is 0 Å². The minimum Gasteiger partial charge on any atom is -0.324 e. The summed E-state index contributed by atoms with van der Waals surface area (Å²) < 4.78 is 37.3. The monoisotopic (exact) mass is 398 g/mol. The Morgan fingerprint density at radius 1 is 1.23 bits per heavy atom. The molecule has 26 heavy (non-hydrogen) atoms. The van der Waals surface area contributed by atoms with Crippen molar-refractivity contribution < 1.29 is 22.8 Å². The van der Waals surface area contributed by atoms with Gasteiger partial charge in [0.15, 0.2) is 0 Å². The lowest BCUT2D eigenvalue weighted by Crippen LogP contribution is -2.20. The molecule has 2 N–H and O–H groups in total. The molecule has 0 fully saturated rings. The summed E-state index contributed by atoms with van der Waals surface area (Å²) in [5.41, 5.74) is 1.17. The zero-order chi connectivity index (χ0) is 18.7. The van der Waals surface area contributed by atoms with Crippen LogP contribution in [-0.4, -0.2) is 29.5 Å². The van der Waals surface area contributed by atoms with Crippen LogP contribution >= 0.6 is 23.5 Å². The third kappa shape index (κ3) is 4.73. The second-order valence-corrected chi connectivity index (χ2v) is 7.44. The predicted octanol–water partition coefficient (Wildman–Crippen LogP) is 4.64. The second kappa shape index (κ2) is 7.63. The average molecular weight is 398 g/mol. The number of alkyl halides is 3. The molecule has 0 bridgehead atoms. The molecule has 2 aromatic carbocycles. The van der Waals surface area contributed by atoms with Gasteiger partial charge in [-0.15, -0.1) is 23.5 Å². The van der Waals surface area contributed by atoms with Crippen molar-refractivity contribution in [2.75, 3.05) is 22.1 Å². The molecule has 0 saturated carbocycles. The van der Waals surface area contributed by atoms with Crippen molar-refractivity contribution >= 4 is 46.7 Å². The van der Waals surface area contributed by atoms with Gasteiger partial charge in [0.1, 0.15) is 0 Å². The van der Waals surface area contributed by atoms with Crippen molar-refractivity contribution in [3.8, 4) is 0 Å². The highest BCUT2D eigenvalue weighted by atomic mass is 32.2. The van der Waals surface area contributed by atoms with E-state index in [2.05, 4.69) is 10.6 Å². The van der Waals surface area contributed by atoms with Gasteiger partial charge in [-0.3, -0.25) is 9.59 Å². The van der Waals surface area contributed by atoms with Crippen LogP contribution in [0.15, 0.2) is 52.3 Å². The van der Waals surface area contributed by atoms with Crippen molar-refractivity contribution in [2.45, 2.75) is 16.0 Å². The Morgan fingerprint density at radius 2 is 2.00 bits per heavy atom. The Balaban J connectivity index is 1.76. The summed E-state index contributed by atoms with van der Waals surface area (Å²) in [5.74, 6) is -1.32. The molecule has 136 valence electrons. The zero-order valence-electron chi connectivity index (χ0n) is 13.2. The summed E-state index contributed by atoms with van der Waals surface area (Å²) >= 11 is 1.99. The van der Waals surface area contributed by atoms with Gasteiger partial charge in [-0.1, -0.05) is 12.1 Å². The van der Waals surface area contributed by atoms with Crippen LogP contribution in [0, 0.1) is 0 Å². The molecule has 0 unspecified atom stereocenters. The molecule has 9 heteroatoms. The van der Waals surface area contributed by atoms with Crippen LogP contribution in [0.1, 0.15) is 10.4 Å². The quantitative estimate of drug-likeness (QED) is 0.737. The van der Waals surface area contributed by atoms with Gasteiger partial charge in [0.25, 0.3) is 5.91 Å². The number of carbonyl (C=O) groups excluding carboxylic acids is 2. The predicted molar refractivity (Wildman–Crippen MR) is 97.0 cm³/mol. The van der Waals surface area contributed by atoms with Gasteiger partial charge >= 0.3 is 6.18 Å². The highest BCUT2D eigenvalue weighted by Gasteiger charge is 2.27. The Kier molecular flexibility index (Phi) is 5.47. The van der Waals surface area contributed by atoms with Crippen LogP contribution in [0.5, 0.6) is 0 Å². The molecule has 3 rings (SSSR count).